The smallest absolute Gasteiger partial charge is 0.324 e. The Bertz CT molecular complexity index is 958. The molecule has 2 heterocycles. The van der Waals surface area contributed by atoms with E-state index in [0.717, 1.165) is 36.8 Å². The zero-order valence-electron chi connectivity index (χ0n) is 16.6. The van der Waals surface area contributed by atoms with Crippen LogP contribution in [0.3, 0.4) is 0 Å². The first kappa shape index (κ1) is 21.7. The molecule has 2 aromatic rings. The molecular formula is C20H22F3N5O2S. The maximum atomic E-state index is 13.7. The van der Waals surface area contributed by atoms with Crippen LogP contribution in [0.1, 0.15) is 37.9 Å². The lowest BCUT2D eigenvalue weighted by molar-refractivity contribution is -0.157. The molecule has 1 aromatic heterocycles. The number of hydrogen-bond acceptors (Lipinski definition) is 5. The maximum absolute atomic E-state index is 13.7. The van der Waals surface area contributed by atoms with Crippen molar-refractivity contribution in [3.05, 3.63) is 30.1 Å². The van der Waals surface area contributed by atoms with Gasteiger partial charge in [0.2, 0.25) is 17.0 Å². The van der Waals surface area contributed by atoms with Crippen molar-refractivity contribution >= 4 is 35.0 Å². The number of anilines is 2. The number of para-hydroxylation sites is 2. The first-order valence-corrected chi connectivity index (χ1v) is 11.1. The number of nitrogens with zero attached hydrogens (tertiary/aromatic N) is 3. The van der Waals surface area contributed by atoms with E-state index in [1.165, 1.54) is 31.0 Å². The van der Waals surface area contributed by atoms with E-state index in [-0.39, 0.29) is 17.1 Å². The molecule has 2 aliphatic rings. The van der Waals surface area contributed by atoms with Gasteiger partial charge >= 0.3 is 6.18 Å². The van der Waals surface area contributed by atoms with Gasteiger partial charge in [-0.1, -0.05) is 49.6 Å². The molecule has 0 saturated heterocycles. The fourth-order valence-electron chi connectivity index (χ4n) is 4.11. The van der Waals surface area contributed by atoms with Crippen LogP contribution < -0.4 is 10.2 Å². The Balaban J connectivity index is 1.50. The van der Waals surface area contributed by atoms with Gasteiger partial charge in [-0.3, -0.25) is 19.6 Å². The molecule has 1 fully saturated rings. The van der Waals surface area contributed by atoms with Gasteiger partial charge in [-0.15, -0.1) is 5.10 Å². The molecule has 4 rings (SSSR count). The highest BCUT2D eigenvalue weighted by Gasteiger charge is 2.48. The second kappa shape index (κ2) is 8.89. The molecule has 1 aromatic carbocycles. The van der Waals surface area contributed by atoms with E-state index in [2.05, 4.69) is 20.5 Å². The number of nitrogens with one attached hydrogen (secondary N) is 2. The lowest BCUT2D eigenvalue weighted by atomic mass is 10.0. The molecule has 2 amide bonds. The largest absolute Gasteiger partial charge is 0.409 e. The molecule has 1 atom stereocenters. The summed E-state index contributed by atoms with van der Waals surface area (Å²) in [6.45, 7) is 0. The van der Waals surface area contributed by atoms with Gasteiger partial charge in [-0.25, -0.2) is 4.98 Å². The number of halogens is 3. The SMILES string of the molecule is O=C1CC(C(F)(F)F)N(C(=O)CSc2n[nH]c(CC3CCCC3)n2)c2ccccc2N1. The average molecular weight is 453 g/mol. The van der Waals surface area contributed by atoms with E-state index in [1.54, 1.807) is 6.07 Å². The molecule has 31 heavy (non-hydrogen) atoms. The van der Waals surface area contributed by atoms with Crippen LogP contribution in [0.25, 0.3) is 0 Å². The van der Waals surface area contributed by atoms with Gasteiger partial charge in [0.15, 0.2) is 0 Å². The molecule has 1 unspecified atom stereocenters. The summed E-state index contributed by atoms with van der Waals surface area (Å²) in [5, 5.41) is 9.72. The van der Waals surface area contributed by atoms with Crippen molar-refractivity contribution in [1.82, 2.24) is 15.2 Å². The lowest BCUT2D eigenvalue weighted by Gasteiger charge is -2.31. The summed E-state index contributed by atoms with van der Waals surface area (Å²) in [5.41, 5.74) is 0.201. The summed E-state index contributed by atoms with van der Waals surface area (Å²) in [7, 11) is 0. The van der Waals surface area contributed by atoms with Crippen molar-refractivity contribution in [3.63, 3.8) is 0 Å². The first-order chi connectivity index (χ1) is 14.8. The number of amides is 2. The minimum absolute atomic E-state index is 0.0261. The highest BCUT2D eigenvalue weighted by atomic mass is 32.2. The summed E-state index contributed by atoms with van der Waals surface area (Å²) in [6.07, 6.45) is -0.100. The Hall–Kier alpha value is -2.56. The van der Waals surface area contributed by atoms with Gasteiger partial charge in [-0.05, 0) is 18.1 Å². The van der Waals surface area contributed by atoms with Crippen LogP contribution in [-0.4, -0.2) is 45.0 Å². The normalized spacial score (nSPS) is 19.8. The number of aromatic nitrogens is 3. The number of aromatic amines is 1. The summed E-state index contributed by atoms with van der Waals surface area (Å²) in [4.78, 5) is 30.0. The number of carbonyl (C=O) groups is 2. The van der Waals surface area contributed by atoms with Crippen LogP contribution in [0, 0.1) is 5.92 Å². The molecule has 0 bridgehead atoms. The zero-order chi connectivity index (χ0) is 22.0. The minimum atomic E-state index is -4.76. The van der Waals surface area contributed by atoms with Crippen LogP contribution in [0.2, 0.25) is 0 Å². The Morgan fingerprint density at radius 1 is 1.23 bits per heavy atom. The number of hydrogen-bond donors (Lipinski definition) is 2. The van der Waals surface area contributed by atoms with Gasteiger partial charge in [0.05, 0.1) is 23.5 Å². The van der Waals surface area contributed by atoms with E-state index in [1.807, 2.05) is 0 Å². The van der Waals surface area contributed by atoms with E-state index in [4.69, 9.17) is 0 Å². The lowest BCUT2D eigenvalue weighted by Crippen LogP contribution is -2.50. The summed E-state index contributed by atoms with van der Waals surface area (Å²) >= 11 is 0.978. The number of thioether (sulfide) groups is 1. The van der Waals surface area contributed by atoms with Gasteiger partial charge in [-0.2, -0.15) is 13.2 Å². The van der Waals surface area contributed by atoms with Crippen molar-refractivity contribution in [2.75, 3.05) is 16.0 Å². The molecule has 0 radical (unpaired) electrons. The highest BCUT2D eigenvalue weighted by Crippen LogP contribution is 2.38. The molecule has 11 heteroatoms. The molecule has 1 saturated carbocycles. The molecular weight excluding hydrogens is 431 g/mol. The number of rotatable bonds is 5. The molecule has 1 aliphatic heterocycles. The third kappa shape index (κ3) is 5.03. The average Bonchev–Trinajstić information content (AvgIpc) is 3.35. The molecule has 166 valence electrons. The van der Waals surface area contributed by atoms with Crippen LogP contribution in [-0.2, 0) is 16.0 Å². The van der Waals surface area contributed by atoms with Crippen LogP contribution in [0.5, 0.6) is 0 Å². The van der Waals surface area contributed by atoms with E-state index in [9.17, 15) is 22.8 Å². The fourth-order valence-corrected chi connectivity index (χ4v) is 4.79. The van der Waals surface area contributed by atoms with Gasteiger partial charge in [0.25, 0.3) is 0 Å². The third-order valence-corrected chi connectivity index (χ3v) is 6.40. The quantitative estimate of drug-likeness (QED) is 0.670. The van der Waals surface area contributed by atoms with Gasteiger partial charge in [0, 0.05) is 6.42 Å². The van der Waals surface area contributed by atoms with E-state index in [0.29, 0.717) is 16.0 Å². The molecule has 1 aliphatic carbocycles. The Morgan fingerprint density at radius 3 is 2.71 bits per heavy atom. The predicted octanol–water partition coefficient (Wildman–Crippen LogP) is 3.94. The number of carbonyl (C=O) groups excluding carboxylic acids is 2. The van der Waals surface area contributed by atoms with Gasteiger partial charge in [0.1, 0.15) is 11.9 Å². The zero-order valence-corrected chi connectivity index (χ0v) is 17.4. The summed E-state index contributed by atoms with van der Waals surface area (Å²) < 4.78 is 41.2. The second-order valence-corrected chi connectivity index (χ2v) is 8.74. The Labute approximate surface area is 181 Å². The van der Waals surface area contributed by atoms with Crippen molar-refractivity contribution in [2.45, 2.75) is 55.9 Å². The second-order valence-electron chi connectivity index (χ2n) is 7.80. The molecule has 7 nitrogen and oxygen atoms in total. The van der Waals surface area contributed by atoms with Crippen molar-refractivity contribution < 1.29 is 22.8 Å². The molecule has 0 spiro atoms. The summed E-state index contributed by atoms with van der Waals surface area (Å²) in [5.74, 6) is -0.541. The van der Waals surface area contributed by atoms with E-state index < -0.39 is 30.5 Å². The van der Waals surface area contributed by atoms with Crippen LogP contribution in [0.15, 0.2) is 29.4 Å². The number of benzene rings is 1. The maximum Gasteiger partial charge on any atom is 0.409 e. The Kier molecular flexibility index (Phi) is 6.22. The van der Waals surface area contributed by atoms with Crippen molar-refractivity contribution in [3.8, 4) is 0 Å². The Morgan fingerprint density at radius 2 is 1.97 bits per heavy atom. The number of H-pyrrole nitrogens is 1. The number of alkyl halides is 3. The van der Waals surface area contributed by atoms with Crippen LogP contribution in [0.4, 0.5) is 24.5 Å². The highest BCUT2D eigenvalue weighted by molar-refractivity contribution is 7.99. The minimum Gasteiger partial charge on any atom is -0.324 e. The van der Waals surface area contributed by atoms with Crippen LogP contribution >= 0.6 is 11.8 Å². The molecule has 2 N–H and O–H groups in total. The van der Waals surface area contributed by atoms with E-state index >= 15 is 0 Å². The first-order valence-electron chi connectivity index (χ1n) is 10.1. The van der Waals surface area contributed by atoms with Crippen molar-refractivity contribution in [2.24, 2.45) is 5.92 Å². The monoisotopic (exact) mass is 453 g/mol. The topological polar surface area (TPSA) is 91.0 Å². The number of fused-ring (bicyclic) bond motifs is 1. The van der Waals surface area contributed by atoms with Crippen molar-refractivity contribution in [1.29, 1.82) is 0 Å². The third-order valence-electron chi connectivity index (χ3n) is 5.57. The standard InChI is InChI=1S/C20H22F3N5O2S/c21-20(22,23)15-10-17(29)24-13-7-3-4-8-14(13)28(15)18(30)11-31-19-25-16(26-27-19)9-12-5-1-2-6-12/h3-4,7-8,12,15H,1-2,5-6,9-11H2,(H,24,29)(H,25,26,27). The fraction of sp³-hybridized carbons (Fsp3) is 0.500. The summed E-state index contributed by atoms with van der Waals surface area (Å²) in [6, 6.07) is 3.75. The van der Waals surface area contributed by atoms with Gasteiger partial charge < -0.3 is 5.32 Å². The predicted molar refractivity (Wildman–Crippen MR) is 110 cm³/mol.